The van der Waals surface area contributed by atoms with E-state index in [-0.39, 0.29) is 14.6 Å². The molecule has 0 aliphatic heterocycles. The van der Waals surface area contributed by atoms with E-state index in [0.717, 1.165) is 28.8 Å². The molecular formula is C31H42FOSSi. The number of hydrogen-bond donors (Lipinski definition) is 0. The van der Waals surface area contributed by atoms with Crippen LogP contribution in [0.2, 0.25) is 18.6 Å². The summed E-state index contributed by atoms with van der Waals surface area (Å²) in [6, 6.07) is 18.6. The van der Waals surface area contributed by atoms with Gasteiger partial charge in [-0.25, -0.2) is 4.39 Å². The lowest BCUT2D eigenvalue weighted by atomic mass is 10.0. The molecule has 189 valence electrons. The fraction of sp³-hybridized carbons (Fsp3) is 0.484. The van der Waals surface area contributed by atoms with Gasteiger partial charge in [-0.3, -0.25) is 0 Å². The highest BCUT2D eigenvalue weighted by Gasteiger charge is 2.15. The predicted molar refractivity (Wildman–Crippen MR) is 154 cm³/mol. The van der Waals surface area contributed by atoms with E-state index in [1.807, 2.05) is 6.07 Å². The van der Waals surface area contributed by atoms with Crippen LogP contribution in [0.5, 0.6) is 5.75 Å². The van der Waals surface area contributed by atoms with Crippen molar-refractivity contribution in [3.05, 3.63) is 66.0 Å². The van der Waals surface area contributed by atoms with Crippen molar-refractivity contribution in [1.29, 1.82) is 0 Å². The summed E-state index contributed by atoms with van der Waals surface area (Å²) in [6.07, 6.45) is 11.1. The zero-order valence-electron chi connectivity index (χ0n) is 22.0. The molecule has 0 aliphatic carbocycles. The van der Waals surface area contributed by atoms with E-state index < -0.39 is 0 Å². The van der Waals surface area contributed by atoms with Gasteiger partial charge < -0.3 is 4.74 Å². The first kappa shape index (κ1) is 27.7. The number of ether oxygens (including phenoxy) is 1. The molecule has 1 aromatic heterocycles. The Morgan fingerprint density at radius 2 is 1.49 bits per heavy atom. The fourth-order valence-electron chi connectivity index (χ4n) is 4.49. The van der Waals surface area contributed by atoms with Crippen molar-refractivity contribution >= 4 is 20.1 Å². The van der Waals surface area contributed by atoms with Crippen molar-refractivity contribution in [1.82, 2.24) is 0 Å². The van der Waals surface area contributed by atoms with E-state index >= 15 is 0 Å². The van der Waals surface area contributed by atoms with Gasteiger partial charge in [-0.05, 0) is 71.8 Å². The average Bonchev–Trinajstić information content (AvgIpc) is 3.35. The van der Waals surface area contributed by atoms with Crippen molar-refractivity contribution < 1.29 is 9.13 Å². The second-order valence-electron chi connectivity index (χ2n) is 9.87. The van der Waals surface area contributed by atoms with Crippen LogP contribution in [0.4, 0.5) is 4.39 Å². The smallest absolute Gasteiger partial charge is 0.165 e. The highest BCUT2D eigenvalue weighted by atomic mass is 32.1. The van der Waals surface area contributed by atoms with Crippen molar-refractivity contribution in [3.63, 3.8) is 0 Å². The van der Waals surface area contributed by atoms with Crippen molar-refractivity contribution in [2.45, 2.75) is 90.3 Å². The van der Waals surface area contributed by atoms with Gasteiger partial charge in [0.05, 0.1) is 6.61 Å². The number of unbranched alkanes of at least 4 members (excludes halogenated alkanes) is 4. The van der Waals surface area contributed by atoms with Gasteiger partial charge in [0.25, 0.3) is 0 Å². The van der Waals surface area contributed by atoms with Crippen LogP contribution in [0.3, 0.4) is 0 Å². The van der Waals surface area contributed by atoms with Gasteiger partial charge in [0, 0.05) is 18.6 Å². The van der Waals surface area contributed by atoms with Crippen LogP contribution < -0.4 is 4.74 Å². The maximum Gasteiger partial charge on any atom is 0.165 e. The lowest BCUT2D eigenvalue weighted by molar-refractivity contribution is 0.289. The SMILES string of the molecule is CCCCCCc1ccc(-c2ccc(-c3ccc(OCCC(CCCC)[Si](C)C)c(F)c3)s2)cc1. The summed E-state index contributed by atoms with van der Waals surface area (Å²) in [4.78, 5) is 2.30. The second kappa shape index (κ2) is 14.6. The Labute approximate surface area is 218 Å². The molecule has 0 saturated carbocycles. The molecule has 0 N–H and O–H groups in total. The number of rotatable bonds is 15. The molecule has 4 heteroatoms. The Morgan fingerprint density at radius 1 is 0.800 bits per heavy atom. The quantitative estimate of drug-likeness (QED) is 0.146. The van der Waals surface area contributed by atoms with E-state index in [9.17, 15) is 4.39 Å². The third kappa shape index (κ3) is 8.61. The number of benzene rings is 2. The first-order valence-electron chi connectivity index (χ1n) is 13.4. The molecule has 2 aromatic carbocycles. The van der Waals surface area contributed by atoms with Crippen LogP contribution in [0.1, 0.15) is 70.8 Å². The Bertz CT molecular complexity index is 1010. The summed E-state index contributed by atoms with van der Waals surface area (Å²) in [5.41, 5.74) is 4.28. The molecule has 0 saturated heterocycles. The summed E-state index contributed by atoms with van der Waals surface area (Å²) >= 11 is 1.71. The maximum absolute atomic E-state index is 14.8. The topological polar surface area (TPSA) is 9.23 Å². The van der Waals surface area contributed by atoms with Crippen molar-refractivity contribution in [2.75, 3.05) is 6.61 Å². The summed E-state index contributed by atoms with van der Waals surface area (Å²) in [7, 11) is -0.353. The van der Waals surface area contributed by atoms with Crippen molar-refractivity contribution in [3.8, 4) is 26.6 Å². The number of thiophene rings is 1. The molecule has 0 spiro atoms. The van der Waals surface area contributed by atoms with Crippen LogP contribution in [0.15, 0.2) is 54.6 Å². The normalized spacial score (nSPS) is 12.3. The maximum atomic E-state index is 14.8. The Morgan fingerprint density at radius 3 is 2.14 bits per heavy atom. The summed E-state index contributed by atoms with van der Waals surface area (Å²) < 4.78 is 20.7. The van der Waals surface area contributed by atoms with Crippen LogP contribution in [0.25, 0.3) is 20.9 Å². The molecule has 1 unspecified atom stereocenters. The minimum absolute atomic E-state index is 0.270. The predicted octanol–water partition coefficient (Wildman–Crippen LogP) is 10.4. The lowest BCUT2D eigenvalue weighted by Gasteiger charge is -2.19. The molecule has 1 nitrogen and oxygen atoms in total. The van der Waals surface area contributed by atoms with Crippen LogP contribution in [-0.2, 0) is 6.42 Å². The number of aryl methyl sites for hydroxylation is 1. The van der Waals surface area contributed by atoms with E-state index in [1.54, 1.807) is 23.5 Å². The third-order valence-electron chi connectivity index (χ3n) is 6.83. The summed E-state index contributed by atoms with van der Waals surface area (Å²) in [5, 5.41) is 0. The van der Waals surface area contributed by atoms with Gasteiger partial charge in [-0.2, -0.15) is 0 Å². The molecule has 3 rings (SSSR count). The Balaban J connectivity index is 1.57. The minimum atomic E-state index is -0.353. The van der Waals surface area contributed by atoms with Crippen LogP contribution in [-0.4, -0.2) is 15.4 Å². The fourth-order valence-corrected chi connectivity index (χ4v) is 6.98. The highest BCUT2D eigenvalue weighted by molar-refractivity contribution is 7.18. The monoisotopic (exact) mass is 509 g/mol. The van der Waals surface area contributed by atoms with E-state index in [2.05, 4.69) is 63.3 Å². The molecule has 35 heavy (non-hydrogen) atoms. The van der Waals surface area contributed by atoms with E-state index in [4.69, 9.17) is 4.74 Å². The molecule has 0 amide bonds. The van der Waals surface area contributed by atoms with E-state index in [1.165, 1.54) is 60.9 Å². The second-order valence-corrected chi connectivity index (χ2v) is 13.9. The van der Waals surface area contributed by atoms with E-state index in [0.29, 0.717) is 12.4 Å². The average molecular weight is 510 g/mol. The Kier molecular flexibility index (Phi) is 11.5. The molecule has 0 bridgehead atoms. The molecule has 0 aliphatic rings. The van der Waals surface area contributed by atoms with Crippen LogP contribution in [0, 0.1) is 5.82 Å². The molecule has 1 heterocycles. The summed E-state index contributed by atoms with van der Waals surface area (Å²) in [5.74, 6) is 0.101. The summed E-state index contributed by atoms with van der Waals surface area (Å²) in [6.45, 7) is 9.83. The zero-order chi connectivity index (χ0) is 25.0. The molecular weight excluding hydrogens is 467 g/mol. The molecule has 0 fully saturated rings. The standard InChI is InChI=1S/C31H42FOSSi/c1-5-7-9-10-11-24-13-15-25(16-14-24)30-19-20-31(34-30)26-17-18-29(28(32)23-26)33-22-21-27(35(3)4)12-8-6-2/h13-20,23,27H,5-12,21-22H2,1-4H3. The third-order valence-corrected chi connectivity index (χ3v) is 10.2. The van der Waals surface area contributed by atoms with Gasteiger partial charge in [0.2, 0.25) is 0 Å². The highest BCUT2D eigenvalue weighted by Crippen LogP contribution is 2.36. The first-order valence-corrected chi connectivity index (χ1v) is 16.8. The van der Waals surface area contributed by atoms with Gasteiger partial charge in [-0.1, -0.05) is 89.7 Å². The van der Waals surface area contributed by atoms with Crippen molar-refractivity contribution in [2.24, 2.45) is 0 Å². The molecule has 1 radical (unpaired) electrons. The molecule has 1 atom stereocenters. The minimum Gasteiger partial charge on any atom is -0.491 e. The largest absolute Gasteiger partial charge is 0.491 e. The van der Waals surface area contributed by atoms with Crippen LogP contribution >= 0.6 is 11.3 Å². The molecule has 3 aromatic rings. The lowest BCUT2D eigenvalue weighted by Crippen LogP contribution is -2.15. The number of halogens is 1. The van der Waals surface area contributed by atoms with Gasteiger partial charge in [0.1, 0.15) is 0 Å². The first-order chi connectivity index (χ1) is 17.0. The van der Waals surface area contributed by atoms with Gasteiger partial charge >= 0.3 is 0 Å². The zero-order valence-corrected chi connectivity index (χ0v) is 23.9. The van der Waals surface area contributed by atoms with Gasteiger partial charge in [-0.15, -0.1) is 11.3 Å². The number of hydrogen-bond acceptors (Lipinski definition) is 2. The Hall–Kier alpha value is -1.91. The van der Waals surface area contributed by atoms with Gasteiger partial charge in [0.15, 0.2) is 11.6 Å².